The van der Waals surface area contributed by atoms with Crippen LogP contribution in [0.5, 0.6) is 5.75 Å². The number of methoxy groups -OCH3 is 1. The third-order valence-electron chi connectivity index (χ3n) is 4.79. The molecule has 0 bridgehead atoms. The number of nitro groups is 1. The Bertz CT molecular complexity index is 767. The number of ether oxygens (including phenoxy) is 1. The number of nitro benzene ring substituents is 1. The van der Waals surface area contributed by atoms with Crippen LogP contribution in [0.4, 0.5) is 11.4 Å². The maximum Gasteiger partial charge on any atom is 0.311 e. The van der Waals surface area contributed by atoms with Crippen molar-refractivity contribution in [2.75, 3.05) is 12.0 Å². The van der Waals surface area contributed by atoms with Crippen molar-refractivity contribution < 1.29 is 9.66 Å². The van der Waals surface area contributed by atoms with Gasteiger partial charge in [0.2, 0.25) is 11.9 Å². The van der Waals surface area contributed by atoms with Gasteiger partial charge < -0.3 is 16.2 Å². The van der Waals surface area contributed by atoms with E-state index in [0.717, 1.165) is 32.1 Å². The first-order valence-electron chi connectivity index (χ1n) is 8.21. The maximum atomic E-state index is 11.2. The van der Waals surface area contributed by atoms with E-state index in [4.69, 9.17) is 16.2 Å². The van der Waals surface area contributed by atoms with Crippen LogP contribution in [0.25, 0.3) is 0 Å². The first kappa shape index (κ1) is 17.0. The topological polar surface area (TPSA) is 132 Å². The van der Waals surface area contributed by atoms with Crippen molar-refractivity contribution in [3.05, 3.63) is 27.8 Å². The zero-order valence-electron chi connectivity index (χ0n) is 14.4. The highest BCUT2D eigenvalue weighted by Crippen LogP contribution is 2.43. The summed E-state index contributed by atoms with van der Waals surface area (Å²) >= 11 is 0. The Morgan fingerprint density at radius 2 is 1.96 bits per heavy atom. The fraction of sp³-hybridized carbons (Fsp3) is 0.500. The molecule has 25 heavy (non-hydrogen) atoms. The minimum absolute atomic E-state index is 0.0861. The molecule has 1 aromatic carbocycles. The third-order valence-corrected chi connectivity index (χ3v) is 4.79. The molecule has 0 radical (unpaired) electrons. The second-order valence-corrected chi connectivity index (χ2v) is 6.39. The molecule has 9 nitrogen and oxygen atoms in total. The highest BCUT2D eigenvalue weighted by molar-refractivity contribution is 6.06. The molecule has 1 aliphatic carbocycles. The lowest BCUT2D eigenvalue weighted by molar-refractivity contribution is -0.385. The van der Waals surface area contributed by atoms with Gasteiger partial charge in [-0.3, -0.25) is 15.0 Å². The molecule has 3 rings (SSSR count). The molecule has 1 heterocycles. The number of hydrogen-bond donors (Lipinski definition) is 2. The monoisotopic (exact) mass is 346 g/mol. The Hall–Kier alpha value is -2.84. The molecule has 1 aromatic rings. The molecule has 134 valence electrons. The number of anilines is 1. The van der Waals surface area contributed by atoms with Gasteiger partial charge in [-0.25, -0.2) is 4.99 Å². The Kier molecular flexibility index (Phi) is 4.23. The summed E-state index contributed by atoms with van der Waals surface area (Å²) in [4.78, 5) is 21.4. The highest BCUT2D eigenvalue weighted by Gasteiger charge is 2.43. The normalized spacial score (nSPS) is 19.4. The molecule has 0 atom stereocenters. The number of nitrogens with zero attached hydrogens (tertiary/aromatic N) is 4. The highest BCUT2D eigenvalue weighted by atomic mass is 16.6. The number of guanidine groups is 2. The molecule has 0 unspecified atom stereocenters. The molecule has 0 amide bonds. The van der Waals surface area contributed by atoms with E-state index in [1.165, 1.54) is 13.2 Å². The Morgan fingerprint density at radius 3 is 2.56 bits per heavy atom. The molecule has 1 aliphatic heterocycles. The van der Waals surface area contributed by atoms with Crippen molar-refractivity contribution in [2.45, 2.75) is 44.7 Å². The van der Waals surface area contributed by atoms with Crippen LogP contribution in [0.3, 0.4) is 0 Å². The largest absolute Gasteiger partial charge is 0.490 e. The summed E-state index contributed by atoms with van der Waals surface area (Å²) in [7, 11) is 1.40. The van der Waals surface area contributed by atoms with Crippen LogP contribution in [0.1, 0.15) is 37.7 Å². The fourth-order valence-electron chi connectivity index (χ4n) is 3.68. The average Bonchev–Trinajstić information content (AvgIpc) is 2.55. The number of aliphatic imine (C=N–C) groups is 2. The van der Waals surface area contributed by atoms with Gasteiger partial charge in [0.25, 0.3) is 0 Å². The summed E-state index contributed by atoms with van der Waals surface area (Å²) in [6.07, 6.45) is 4.73. The van der Waals surface area contributed by atoms with E-state index in [0.29, 0.717) is 11.3 Å². The summed E-state index contributed by atoms with van der Waals surface area (Å²) in [5, 5.41) is 11.2. The van der Waals surface area contributed by atoms with E-state index in [9.17, 15) is 10.1 Å². The van der Waals surface area contributed by atoms with Gasteiger partial charge >= 0.3 is 5.69 Å². The number of rotatable bonds is 3. The molecule has 0 aromatic heterocycles. The van der Waals surface area contributed by atoms with Gasteiger partial charge in [-0.1, -0.05) is 6.42 Å². The number of benzene rings is 1. The quantitative estimate of drug-likeness (QED) is 0.635. The Balaban J connectivity index is 2.16. The summed E-state index contributed by atoms with van der Waals surface area (Å²) in [6, 6.07) is 3.11. The number of nitrogens with two attached hydrogens (primary N) is 2. The lowest BCUT2D eigenvalue weighted by Crippen LogP contribution is -2.58. The van der Waals surface area contributed by atoms with E-state index in [-0.39, 0.29) is 23.4 Å². The van der Waals surface area contributed by atoms with E-state index < -0.39 is 10.6 Å². The van der Waals surface area contributed by atoms with E-state index in [1.54, 1.807) is 13.0 Å². The van der Waals surface area contributed by atoms with Gasteiger partial charge in [0.05, 0.1) is 17.7 Å². The smallest absolute Gasteiger partial charge is 0.311 e. The minimum Gasteiger partial charge on any atom is -0.490 e. The summed E-state index contributed by atoms with van der Waals surface area (Å²) < 4.78 is 5.22. The van der Waals surface area contributed by atoms with Crippen molar-refractivity contribution in [3.63, 3.8) is 0 Å². The average molecular weight is 346 g/mol. The summed E-state index contributed by atoms with van der Waals surface area (Å²) in [5.41, 5.74) is 12.8. The molecular weight excluding hydrogens is 324 g/mol. The summed E-state index contributed by atoms with van der Waals surface area (Å²) in [5.74, 6) is 0.586. The van der Waals surface area contributed by atoms with Gasteiger partial charge in [0.15, 0.2) is 5.75 Å². The van der Waals surface area contributed by atoms with Gasteiger partial charge in [-0.15, -0.1) is 0 Å². The van der Waals surface area contributed by atoms with Crippen LogP contribution in [0.15, 0.2) is 22.1 Å². The minimum atomic E-state index is -0.597. The number of hydrogen-bond acceptors (Lipinski definition) is 8. The van der Waals surface area contributed by atoms with Gasteiger partial charge in [0, 0.05) is 12.1 Å². The van der Waals surface area contributed by atoms with Crippen LogP contribution < -0.4 is 21.1 Å². The van der Waals surface area contributed by atoms with Crippen molar-refractivity contribution in [3.8, 4) is 5.75 Å². The molecule has 0 saturated heterocycles. The van der Waals surface area contributed by atoms with Crippen LogP contribution in [0.2, 0.25) is 0 Å². The lowest BCUT2D eigenvalue weighted by atomic mass is 9.87. The second-order valence-electron chi connectivity index (χ2n) is 6.39. The van der Waals surface area contributed by atoms with Crippen LogP contribution in [-0.4, -0.2) is 29.6 Å². The maximum absolute atomic E-state index is 11.2. The predicted octanol–water partition coefficient (Wildman–Crippen LogP) is 2.02. The van der Waals surface area contributed by atoms with E-state index >= 15 is 0 Å². The third kappa shape index (κ3) is 2.86. The van der Waals surface area contributed by atoms with Crippen molar-refractivity contribution >= 4 is 23.3 Å². The molecule has 1 fully saturated rings. The van der Waals surface area contributed by atoms with Crippen molar-refractivity contribution in [2.24, 2.45) is 21.5 Å². The van der Waals surface area contributed by atoms with Gasteiger partial charge in [-0.05, 0) is 38.2 Å². The van der Waals surface area contributed by atoms with Crippen molar-refractivity contribution in [1.29, 1.82) is 0 Å². The molecule has 1 spiro atoms. The SMILES string of the molecule is COc1cc(N2C(N)=NC(N)=NC23CCCCC3)c(C)cc1[N+](=O)[O-]. The van der Waals surface area contributed by atoms with Gasteiger partial charge in [0.1, 0.15) is 5.66 Å². The Labute approximate surface area is 145 Å². The molecular formula is C16H22N6O3. The van der Waals surface area contributed by atoms with Crippen LogP contribution >= 0.6 is 0 Å². The molecule has 1 saturated carbocycles. The Morgan fingerprint density at radius 1 is 1.28 bits per heavy atom. The molecule has 9 heteroatoms. The lowest BCUT2D eigenvalue weighted by Gasteiger charge is -2.46. The van der Waals surface area contributed by atoms with Crippen LogP contribution in [0, 0.1) is 17.0 Å². The zero-order chi connectivity index (χ0) is 18.2. The second kappa shape index (κ2) is 6.23. The van der Waals surface area contributed by atoms with Crippen LogP contribution in [-0.2, 0) is 0 Å². The summed E-state index contributed by atoms with van der Waals surface area (Å²) in [6.45, 7) is 1.80. The van der Waals surface area contributed by atoms with Crippen molar-refractivity contribution in [1.82, 2.24) is 0 Å². The first-order chi connectivity index (χ1) is 11.9. The molecule has 2 aliphatic rings. The van der Waals surface area contributed by atoms with Gasteiger partial charge in [-0.2, -0.15) is 4.99 Å². The standard InChI is InChI=1S/C16H22N6O3/c1-10-8-12(22(23)24)13(25-2)9-11(10)21-15(18)19-14(17)20-16(21)6-4-3-5-7-16/h8-9H,3-7H2,1-2H3,(H4,17,18,19,20). The predicted molar refractivity (Wildman–Crippen MR) is 95.9 cm³/mol. The van der Waals surface area contributed by atoms with E-state index in [1.807, 2.05) is 4.90 Å². The van der Waals surface area contributed by atoms with E-state index in [2.05, 4.69) is 9.98 Å². The first-order valence-corrected chi connectivity index (χ1v) is 8.21. The molecule has 4 N–H and O–H groups in total. The fourth-order valence-corrected chi connectivity index (χ4v) is 3.68. The number of aryl methyl sites for hydroxylation is 1. The zero-order valence-corrected chi connectivity index (χ0v) is 14.4.